The van der Waals surface area contributed by atoms with Crippen molar-refractivity contribution < 1.29 is 14.3 Å². The summed E-state index contributed by atoms with van der Waals surface area (Å²) in [6.07, 6.45) is 4.33. The highest BCUT2D eigenvalue weighted by Crippen LogP contribution is 2.32. The number of halogens is 2. The molecule has 0 saturated carbocycles. The molecule has 1 aliphatic heterocycles. The molecule has 0 spiro atoms. The second-order valence-electron chi connectivity index (χ2n) is 5.91. The highest BCUT2D eigenvalue weighted by Gasteiger charge is 2.31. The number of benzene rings is 1. The summed E-state index contributed by atoms with van der Waals surface area (Å²) in [4.78, 5) is 16.7. The third-order valence-corrected chi connectivity index (χ3v) is 4.72. The zero-order valence-electron chi connectivity index (χ0n) is 13.7. The molecule has 2 atom stereocenters. The number of carbonyl (C=O) groups excluding carboxylic acids is 1. The first-order valence-corrected chi connectivity index (χ1v) is 8.64. The molecule has 2 aromatic rings. The molecule has 7 heteroatoms. The molecule has 0 unspecified atom stereocenters. The Hall–Kier alpha value is -1.82. The van der Waals surface area contributed by atoms with Crippen molar-refractivity contribution in [3.8, 4) is 5.75 Å². The maximum atomic E-state index is 12.7. The normalized spacial score (nSPS) is 19.6. The summed E-state index contributed by atoms with van der Waals surface area (Å²) in [5.41, 5.74) is 1.47. The topological polar surface area (TPSA) is 60.5 Å². The van der Waals surface area contributed by atoms with Gasteiger partial charge in [0.1, 0.15) is 5.75 Å². The summed E-state index contributed by atoms with van der Waals surface area (Å²) in [5.74, 6) is 0.219. The van der Waals surface area contributed by atoms with E-state index in [0.717, 1.165) is 12.0 Å². The van der Waals surface area contributed by atoms with Crippen molar-refractivity contribution >= 4 is 29.1 Å². The van der Waals surface area contributed by atoms with Gasteiger partial charge < -0.3 is 14.8 Å². The van der Waals surface area contributed by atoms with Crippen LogP contribution in [0.5, 0.6) is 5.75 Å². The Morgan fingerprint density at radius 3 is 2.80 bits per heavy atom. The molecule has 1 saturated heterocycles. The van der Waals surface area contributed by atoms with E-state index >= 15 is 0 Å². The second-order valence-corrected chi connectivity index (χ2v) is 6.75. The fourth-order valence-electron chi connectivity index (χ4n) is 2.96. The first kappa shape index (κ1) is 18.0. The molecule has 1 aromatic heterocycles. The van der Waals surface area contributed by atoms with E-state index in [4.69, 9.17) is 32.7 Å². The fraction of sp³-hybridized carbons (Fsp3) is 0.333. The first-order valence-electron chi connectivity index (χ1n) is 7.89. The van der Waals surface area contributed by atoms with Crippen molar-refractivity contribution in [3.63, 3.8) is 0 Å². The molecule has 25 heavy (non-hydrogen) atoms. The Balaban J connectivity index is 1.74. The van der Waals surface area contributed by atoms with Crippen LogP contribution in [0.4, 0.5) is 0 Å². The van der Waals surface area contributed by atoms with Gasteiger partial charge >= 0.3 is 0 Å². The molecule has 0 bridgehead atoms. The van der Waals surface area contributed by atoms with Gasteiger partial charge in [-0.3, -0.25) is 9.78 Å². The molecule has 1 aromatic carbocycles. The second kappa shape index (κ2) is 8.04. The van der Waals surface area contributed by atoms with Gasteiger partial charge in [-0.1, -0.05) is 23.2 Å². The molecule has 1 N–H and O–H groups in total. The highest BCUT2D eigenvalue weighted by molar-refractivity contribution is 6.36. The summed E-state index contributed by atoms with van der Waals surface area (Å²) < 4.78 is 10.8. The molecule has 2 heterocycles. The minimum Gasteiger partial charge on any atom is -0.494 e. The molecular formula is C18H18Cl2N2O3. The van der Waals surface area contributed by atoms with Crippen LogP contribution in [0.2, 0.25) is 10.0 Å². The molecule has 0 radical (unpaired) electrons. The maximum Gasteiger partial charge on any atom is 0.255 e. The van der Waals surface area contributed by atoms with Crippen molar-refractivity contribution in [1.82, 2.24) is 10.3 Å². The Bertz CT molecular complexity index is 755. The third-order valence-electron chi connectivity index (χ3n) is 4.22. The van der Waals surface area contributed by atoms with Crippen molar-refractivity contribution in [2.75, 3.05) is 20.3 Å². The van der Waals surface area contributed by atoms with Crippen LogP contribution in [-0.4, -0.2) is 37.3 Å². The number of amides is 1. The van der Waals surface area contributed by atoms with Crippen LogP contribution in [0.1, 0.15) is 15.9 Å². The molecule has 3 rings (SSSR count). The van der Waals surface area contributed by atoms with Crippen LogP contribution < -0.4 is 10.1 Å². The van der Waals surface area contributed by atoms with E-state index in [-0.39, 0.29) is 17.9 Å². The summed E-state index contributed by atoms with van der Waals surface area (Å²) in [7, 11) is 1.47. The number of hydrogen-bond donors (Lipinski definition) is 1. The number of nitrogens with one attached hydrogen (secondary N) is 1. The number of ether oxygens (including phenoxy) is 2. The average molecular weight is 381 g/mol. The van der Waals surface area contributed by atoms with Crippen LogP contribution >= 0.6 is 23.2 Å². The summed E-state index contributed by atoms with van der Waals surface area (Å²) >= 11 is 12.1. The third kappa shape index (κ3) is 4.24. The minimum absolute atomic E-state index is 0.0943. The van der Waals surface area contributed by atoms with Gasteiger partial charge in [0.05, 0.1) is 37.0 Å². The van der Waals surface area contributed by atoms with Crippen molar-refractivity contribution in [2.45, 2.75) is 12.5 Å². The van der Waals surface area contributed by atoms with Gasteiger partial charge in [0.2, 0.25) is 0 Å². The SMILES string of the molecule is COc1c(Cl)cc(Cl)cc1C(=O)N[C@@H]1COC[C@H]1Cc1ccncc1. The smallest absolute Gasteiger partial charge is 0.255 e. The van der Waals surface area contributed by atoms with Crippen LogP contribution in [0.25, 0.3) is 0 Å². The fourth-order valence-corrected chi connectivity index (χ4v) is 3.53. The average Bonchev–Trinajstić information content (AvgIpc) is 3.02. The standard InChI is InChI=1S/C18H18Cl2N2O3/c1-24-17-14(7-13(19)8-15(17)20)18(23)22-16-10-25-9-12(16)6-11-2-4-21-5-3-11/h2-5,7-8,12,16H,6,9-10H2,1H3,(H,22,23)/t12-,16-/m1/s1. The number of hydrogen-bond acceptors (Lipinski definition) is 4. The Kier molecular flexibility index (Phi) is 5.78. The van der Waals surface area contributed by atoms with Crippen LogP contribution in [0.15, 0.2) is 36.7 Å². The quantitative estimate of drug-likeness (QED) is 0.863. The van der Waals surface area contributed by atoms with E-state index in [0.29, 0.717) is 34.6 Å². The van der Waals surface area contributed by atoms with E-state index in [1.807, 2.05) is 12.1 Å². The lowest BCUT2D eigenvalue weighted by atomic mass is 9.95. The summed E-state index contributed by atoms with van der Waals surface area (Å²) in [6.45, 7) is 1.07. The van der Waals surface area contributed by atoms with Crippen LogP contribution in [0.3, 0.4) is 0 Å². The predicted octanol–water partition coefficient (Wildman–Crippen LogP) is 3.38. The van der Waals surface area contributed by atoms with E-state index in [1.165, 1.54) is 7.11 Å². The molecule has 0 aliphatic carbocycles. The summed E-state index contributed by atoms with van der Waals surface area (Å²) in [5, 5.41) is 3.70. The number of nitrogens with zero attached hydrogens (tertiary/aromatic N) is 1. The van der Waals surface area contributed by atoms with E-state index < -0.39 is 0 Å². The number of aromatic nitrogens is 1. The van der Waals surface area contributed by atoms with Gasteiger partial charge in [-0.25, -0.2) is 0 Å². The van der Waals surface area contributed by atoms with Gasteiger partial charge in [-0.2, -0.15) is 0 Å². The first-order chi connectivity index (χ1) is 12.1. The van der Waals surface area contributed by atoms with E-state index in [2.05, 4.69) is 10.3 Å². The predicted molar refractivity (Wildman–Crippen MR) is 96.5 cm³/mol. The molecule has 1 fully saturated rings. The lowest BCUT2D eigenvalue weighted by molar-refractivity contribution is 0.0922. The molecule has 132 valence electrons. The Morgan fingerprint density at radius 1 is 1.32 bits per heavy atom. The van der Waals surface area contributed by atoms with Gasteiger partial charge in [-0.15, -0.1) is 0 Å². The molecule has 1 amide bonds. The van der Waals surface area contributed by atoms with Gasteiger partial charge in [0.15, 0.2) is 0 Å². The Morgan fingerprint density at radius 2 is 2.08 bits per heavy atom. The van der Waals surface area contributed by atoms with Crippen molar-refractivity contribution in [1.29, 1.82) is 0 Å². The van der Waals surface area contributed by atoms with Crippen molar-refractivity contribution in [2.24, 2.45) is 5.92 Å². The zero-order valence-corrected chi connectivity index (χ0v) is 15.2. The van der Waals surface area contributed by atoms with Crippen LogP contribution in [0, 0.1) is 5.92 Å². The number of carbonyl (C=O) groups is 1. The minimum atomic E-state index is -0.281. The van der Waals surface area contributed by atoms with Crippen molar-refractivity contribution in [3.05, 3.63) is 57.8 Å². The molecule has 1 aliphatic rings. The largest absolute Gasteiger partial charge is 0.494 e. The van der Waals surface area contributed by atoms with E-state index in [9.17, 15) is 4.79 Å². The number of rotatable bonds is 5. The van der Waals surface area contributed by atoms with Crippen LogP contribution in [-0.2, 0) is 11.2 Å². The van der Waals surface area contributed by atoms with Gasteiger partial charge in [-0.05, 0) is 36.2 Å². The zero-order chi connectivity index (χ0) is 17.8. The maximum absolute atomic E-state index is 12.7. The summed E-state index contributed by atoms with van der Waals surface area (Å²) in [6, 6.07) is 6.94. The van der Waals surface area contributed by atoms with Gasteiger partial charge in [0.25, 0.3) is 5.91 Å². The lowest BCUT2D eigenvalue weighted by Crippen LogP contribution is -2.40. The molecular weight excluding hydrogens is 363 g/mol. The monoisotopic (exact) mass is 380 g/mol. The number of methoxy groups -OCH3 is 1. The molecule has 5 nitrogen and oxygen atoms in total. The highest BCUT2D eigenvalue weighted by atomic mass is 35.5. The lowest BCUT2D eigenvalue weighted by Gasteiger charge is -2.20. The number of pyridine rings is 1. The Labute approximate surface area is 156 Å². The van der Waals surface area contributed by atoms with Gasteiger partial charge in [0, 0.05) is 23.3 Å². The van der Waals surface area contributed by atoms with E-state index in [1.54, 1.807) is 24.5 Å².